The smallest absolute Gasteiger partial charge is 0.414 e. The summed E-state index contributed by atoms with van der Waals surface area (Å²) in [4.78, 5) is 13.6. The minimum absolute atomic E-state index is 0.229. The highest BCUT2D eigenvalue weighted by Crippen LogP contribution is 2.35. The fourth-order valence-electron chi connectivity index (χ4n) is 3.16. The first-order valence-corrected chi connectivity index (χ1v) is 7.51. The van der Waals surface area contributed by atoms with Gasteiger partial charge in [-0.15, -0.1) is 0 Å². The van der Waals surface area contributed by atoms with Crippen molar-refractivity contribution in [1.82, 2.24) is 5.16 Å². The molecule has 0 unspecified atom stereocenters. The molecule has 0 bridgehead atoms. The van der Waals surface area contributed by atoms with Crippen LogP contribution in [0.3, 0.4) is 0 Å². The number of nitrogens with two attached hydrogens (primary N) is 1. The first-order chi connectivity index (χ1) is 10.8. The number of hydrogen-bond acceptors (Lipinski definition) is 5. The maximum absolute atomic E-state index is 12.0. The minimum Gasteiger partial charge on any atom is -0.443 e. The number of anilines is 1. The van der Waals surface area contributed by atoms with E-state index in [1.165, 1.54) is 5.56 Å². The van der Waals surface area contributed by atoms with Crippen molar-refractivity contribution in [2.75, 3.05) is 18.0 Å². The van der Waals surface area contributed by atoms with Gasteiger partial charge in [0.1, 0.15) is 6.10 Å². The maximum Gasteiger partial charge on any atom is 0.414 e. The number of aryl methyl sites for hydroxylation is 2. The molecule has 0 saturated carbocycles. The molecule has 114 valence electrons. The number of fused-ring (bicyclic) bond motifs is 3. The predicted octanol–water partition coefficient (Wildman–Crippen LogP) is 2.11. The highest BCUT2D eigenvalue weighted by molar-refractivity contribution is 5.90. The summed E-state index contributed by atoms with van der Waals surface area (Å²) < 4.78 is 10.6. The third kappa shape index (κ3) is 2.07. The van der Waals surface area contributed by atoms with Gasteiger partial charge in [0.15, 0.2) is 5.76 Å². The van der Waals surface area contributed by atoms with Crippen molar-refractivity contribution >= 4 is 11.8 Å². The number of rotatable bonds is 2. The lowest BCUT2D eigenvalue weighted by molar-refractivity contribution is 0.145. The van der Waals surface area contributed by atoms with Crippen LogP contribution < -0.4 is 10.6 Å². The lowest BCUT2D eigenvalue weighted by Gasteiger charge is -2.15. The zero-order valence-corrected chi connectivity index (χ0v) is 12.1. The Bertz CT molecular complexity index is 725. The number of carbonyl (C=O) groups excluding carboxylic acids is 1. The van der Waals surface area contributed by atoms with Gasteiger partial charge in [-0.05, 0) is 43.0 Å². The second-order valence-corrected chi connectivity index (χ2v) is 5.73. The third-order valence-electron chi connectivity index (χ3n) is 4.32. The zero-order valence-electron chi connectivity index (χ0n) is 12.1. The van der Waals surface area contributed by atoms with Crippen LogP contribution in [-0.2, 0) is 17.6 Å². The average Bonchev–Trinajstić information content (AvgIpc) is 3.10. The molecule has 1 aromatic heterocycles. The van der Waals surface area contributed by atoms with E-state index in [0.29, 0.717) is 13.1 Å². The summed E-state index contributed by atoms with van der Waals surface area (Å²) in [6.07, 6.45) is 4.19. The van der Waals surface area contributed by atoms with Crippen LogP contribution in [0, 0.1) is 0 Å². The van der Waals surface area contributed by atoms with Gasteiger partial charge in [-0.25, -0.2) is 4.79 Å². The Morgan fingerprint density at radius 3 is 3.00 bits per heavy atom. The molecule has 1 aliphatic carbocycles. The molecule has 2 aromatic rings. The normalized spacial score (nSPS) is 20.3. The van der Waals surface area contributed by atoms with Crippen LogP contribution in [0.1, 0.15) is 17.5 Å². The lowest BCUT2D eigenvalue weighted by atomic mass is 10.0. The fraction of sp³-hybridized carbons (Fsp3) is 0.375. The number of benzene rings is 1. The van der Waals surface area contributed by atoms with Crippen molar-refractivity contribution in [1.29, 1.82) is 0 Å². The molecule has 1 saturated heterocycles. The van der Waals surface area contributed by atoms with Gasteiger partial charge >= 0.3 is 6.09 Å². The van der Waals surface area contributed by atoms with E-state index in [-0.39, 0.29) is 12.2 Å². The summed E-state index contributed by atoms with van der Waals surface area (Å²) in [7, 11) is 0. The third-order valence-corrected chi connectivity index (χ3v) is 4.32. The summed E-state index contributed by atoms with van der Waals surface area (Å²) in [6.45, 7) is 0.844. The van der Waals surface area contributed by atoms with Crippen molar-refractivity contribution in [2.45, 2.75) is 25.4 Å². The molecule has 1 atom stereocenters. The average molecular weight is 299 g/mol. The van der Waals surface area contributed by atoms with E-state index in [4.69, 9.17) is 15.0 Å². The van der Waals surface area contributed by atoms with Crippen molar-refractivity contribution < 1.29 is 14.1 Å². The number of nitrogens with zero attached hydrogens (tertiary/aromatic N) is 2. The minimum atomic E-state index is -0.329. The second-order valence-electron chi connectivity index (χ2n) is 5.73. The topological polar surface area (TPSA) is 81.6 Å². The Kier molecular flexibility index (Phi) is 3.11. The summed E-state index contributed by atoms with van der Waals surface area (Å²) in [5.74, 6) is 0.850. The van der Waals surface area contributed by atoms with Crippen LogP contribution in [-0.4, -0.2) is 30.4 Å². The van der Waals surface area contributed by atoms with Gasteiger partial charge < -0.3 is 15.0 Å². The van der Waals surface area contributed by atoms with Crippen LogP contribution in [0.15, 0.2) is 28.9 Å². The summed E-state index contributed by atoms with van der Waals surface area (Å²) >= 11 is 0. The fourth-order valence-corrected chi connectivity index (χ4v) is 3.16. The number of cyclic esters (lactones) is 1. The largest absolute Gasteiger partial charge is 0.443 e. The van der Waals surface area contributed by atoms with Crippen LogP contribution >= 0.6 is 0 Å². The highest BCUT2D eigenvalue weighted by atomic mass is 16.6. The molecule has 1 aromatic carbocycles. The van der Waals surface area contributed by atoms with E-state index in [1.54, 1.807) is 11.1 Å². The molecule has 22 heavy (non-hydrogen) atoms. The quantitative estimate of drug-likeness (QED) is 0.918. The molecular formula is C16H17N3O3. The maximum atomic E-state index is 12.0. The summed E-state index contributed by atoms with van der Waals surface area (Å²) in [6, 6.07) is 5.98. The number of carbonyl (C=O) groups is 1. The van der Waals surface area contributed by atoms with E-state index in [2.05, 4.69) is 5.16 Å². The second kappa shape index (κ2) is 5.14. The number of ether oxygens (including phenoxy) is 1. The molecule has 1 amide bonds. The SMILES string of the molecule is NC[C@H]1CN(c2ccc3c(c2)CCCc2cnoc2-3)C(=O)O1. The Morgan fingerprint density at radius 1 is 1.32 bits per heavy atom. The van der Waals surface area contributed by atoms with Gasteiger partial charge in [0.2, 0.25) is 0 Å². The molecule has 1 fully saturated rings. The first-order valence-electron chi connectivity index (χ1n) is 7.51. The Hall–Kier alpha value is -2.34. The monoisotopic (exact) mass is 299 g/mol. The van der Waals surface area contributed by atoms with Gasteiger partial charge in [0.25, 0.3) is 0 Å². The van der Waals surface area contributed by atoms with E-state index >= 15 is 0 Å². The van der Waals surface area contributed by atoms with Gasteiger partial charge in [-0.1, -0.05) is 5.16 Å². The van der Waals surface area contributed by atoms with E-state index in [9.17, 15) is 4.79 Å². The van der Waals surface area contributed by atoms with Gasteiger partial charge in [-0.2, -0.15) is 0 Å². The molecule has 0 spiro atoms. The first kappa shape index (κ1) is 13.3. The summed E-state index contributed by atoms with van der Waals surface area (Å²) in [5, 5.41) is 3.90. The van der Waals surface area contributed by atoms with Crippen LogP contribution in [0.25, 0.3) is 11.3 Å². The zero-order chi connectivity index (χ0) is 15.1. The Morgan fingerprint density at radius 2 is 2.18 bits per heavy atom. The van der Waals surface area contributed by atoms with Gasteiger partial charge in [0, 0.05) is 23.4 Å². The molecule has 2 N–H and O–H groups in total. The van der Waals surface area contributed by atoms with Crippen LogP contribution in [0.5, 0.6) is 0 Å². The molecular weight excluding hydrogens is 282 g/mol. The van der Waals surface area contributed by atoms with E-state index in [1.807, 2.05) is 18.2 Å². The molecule has 2 heterocycles. The number of aromatic nitrogens is 1. The van der Waals surface area contributed by atoms with Crippen molar-refractivity contribution in [2.24, 2.45) is 5.73 Å². The van der Waals surface area contributed by atoms with Crippen molar-refractivity contribution in [3.8, 4) is 11.3 Å². The molecule has 0 radical (unpaired) electrons. The van der Waals surface area contributed by atoms with Crippen LogP contribution in [0.4, 0.5) is 10.5 Å². The number of hydrogen-bond donors (Lipinski definition) is 1. The van der Waals surface area contributed by atoms with Gasteiger partial charge in [-0.3, -0.25) is 4.90 Å². The Balaban J connectivity index is 1.71. The Labute approximate surface area is 127 Å². The predicted molar refractivity (Wildman–Crippen MR) is 80.6 cm³/mol. The van der Waals surface area contributed by atoms with E-state index < -0.39 is 0 Å². The lowest BCUT2D eigenvalue weighted by Crippen LogP contribution is -2.27. The standard InChI is InChI=1S/C16H17N3O3/c17-7-13-9-19(16(20)21-13)12-4-5-14-10(6-12)2-1-3-11-8-18-22-15(11)14/h4-6,8,13H,1-3,7,9,17H2/t13-/m0/s1. The van der Waals surface area contributed by atoms with Crippen LogP contribution in [0.2, 0.25) is 0 Å². The molecule has 1 aliphatic heterocycles. The molecule has 4 rings (SSSR count). The number of amides is 1. The van der Waals surface area contributed by atoms with E-state index in [0.717, 1.165) is 41.8 Å². The van der Waals surface area contributed by atoms with Crippen molar-refractivity contribution in [3.05, 3.63) is 35.5 Å². The highest BCUT2D eigenvalue weighted by Gasteiger charge is 2.32. The van der Waals surface area contributed by atoms with Gasteiger partial charge in [0.05, 0.1) is 12.7 Å². The molecule has 6 nitrogen and oxygen atoms in total. The molecule has 6 heteroatoms. The van der Waals surface area contributed by atoms with Crippen molar-refractivity contribution in [3.63, 3.8) is 0 Å². The summed E-state index contributed by atoms with van der Waals surface area (Å²) in [5.41, 5.74) is 9.83. The molecule has 2 aliphatic rings.